The Bertz CT molecular complexity index is 471. The van der Waals surface area contributed by atoms with Gasteiger partial charge in [-0.05, 0) is 31.0 Å². The third kappa shape index (κ3) is 4.72. The molecular weight excluding hydrogens is 268 g/mol. The summed E-state index contributed by atoms with van der Waals surface area (Å²) >= 11 is 0. The molecule has 21 heavy (non-hydrogen) atoms. The third-order valence-corrected chi connectivity index (χ3v) is 3.36. The lowest BCUT2D eigenvalue weighted by Gasteiger charge is -2.23. The Labute approximate surface area is 126 Å². The van der Waals surface area contributed by atoms with Gasteiger partial charge < -0.3 is 20.1 Å². The zero-order chi connectivity index (χ0) is 15.1. The highest BCUT2D eigenvalue weighted by molar-refractivity contribution is 5.99. The van der Waals surface area contributed by atoms with E-state index in [1.165, 1.54) is 0 Å². The standard InChI is InChI=1S/C16H24N2O3/c1-3-6-17-15-9-12(2)4-5-14(15)16(19)18-10-13-11-20-7-8-21-13/h4-5,9,13,17H,3,6-8,10-11H2,1-2H3,(H,18,19). The van der Waals surface area contributed by atoms with Gasteiger partial charge in [-0.15, -0.1) is 0 Å². The first-order valence-electron chi connectivity index (χ1n) is 7.52. The van der Waals surface area contributed by atoms with E-state index in [0.29, 0.717) is 31.9 Å². The summed E-state index contributed by atoms with van der Waals surface area (Å²) < 4.78 is 10.8. The Hall–Kier alpha value is -1.59. The molecule has 2 N–H and O–H groups in total. The van der Waals surface area contributed by atoms with Crippen LogP contribution in [0.25, 0.3) is 0 Å². The van der Waals surface area contributed by atoms with Crippen LogP contribution in [0, 0.1) is 6.92 Å². The van der Waals surface area contributed by atoms with E-state index in [0.717, 1.165) is 24.2 Å². The second kappa shape index (κ2) is 8.00. The summed E-state index contributed by atoms with van der Waals surface area (Å²) in [6, 6.07) is 5.82. The largest absolute Gasteiger partial charge is 0.384 e. The normalized spacial score (nSPS) is 18.3. The minimum Gasteiger partial charge on any atom is -0.384 e. The fourth-order valence-electron chi connectivity index (χ4n) is 2.22. The Morgan fingerprint density at radius 3 is 2.95 bits per heavy atom. The third-order valence-electron chi connectivity index (χ3n) is 3.36. The van der Waals surface area contributed by atoms with Gasteiger partial charge in [0, 0.05) is 18.8 Å². The Morgan fingerprint density at radius 2 is 2.24 bits per heavy atom. The summed E-state index contributed by atoms with van der Waals surface area (Å²) in [4.78, 5) is 12.3. The predicted molar refractivity (Wildman–Crippen MR) is 82.9 cm³/mol. The van der Waals surface area contributed by atoms with Crippen molar-refractivity contribution in [3.8, 4) is 0 Å². The molecule has 1 aromatic carbocycles. The number of anilines is 1. The number of hydrogen-bond donors (Lipinski definition) is 2. The molecule has 1 amide bonds. The number of nitrogens with one attached hydrogen (secondary N) is 2. The second-order valence-corrected chi connectivity index (χ2v) is 5.25. The molecule has 1 aromatic rings. The second-order valence-electron chi connectivity index (χ2n) is 5.25. The van der Waals surface area contributed by atoms with E-state index in [1.54, 1.807) is 0 Å². The van der Waals surface area contributed by atoms with Crippen LogP contribution >= 0.6 is 0 Å². The van der Waals surface area contributed by atoms with Crippen LogP contribution in [0.1, 0.15) is 29.3 Å². The smallest absolute Gasteiger partial charge is 0.253 e. The maximum absolute atomic E-state index is 12.3. The van der Waals surface area contributed by atoms with Crippen molar-refractivity contribution < 1.29 is 14.3 Å². The number of rotatable bonds is 6. The first kappa shape index (κ1) is 15.8. The average molecular weight is 292 g/mol. The van der Waals surface area contributed by atoms with Gasteiger partial charge in [-0.2, -0.15) is 0 Å². The van der Waals surface area contributed by atoms with Crippen LogP contribution in [0.3, 0.4) is 0 Å². The molecule has 5 heteroatoms. The van der Waals surface area contributed by atoms with Crippen LogP contribution in [0.2, 0.25) is 0 Å². The number of benzene rings is 1. The lowest BCUT2D eigenvalue weighted by atomic mass is 10.1. The summed E-state index contributed by atoms with van der Waals surface area (Å²) in [5.74, 6) is -0.0808. The minimum atomic E-state index is -0.0808. The van der Waals surface area contributed by atoms with Crippen LogP contribution in [0.5, 0.6) is 0 Å². The molecule has 1 unspecified atom stereocenters. The quantitative estimate of drug-likeness (QED) is 0.841. The monoisotopic (exact) mass is 292 g/mol. The van der Waals surface area contributed by atoms with Crippen LogP contribution in [-0.4, -0.2) is 44.9 Å². The molecule has 1 heterocycles. The predicted octanol–water partition coefficient (Wildman–Crippen LogP) is 1.96. The molecule has 0 aromatic heterocycles. The highest BCUT2D eigenvalue weighted by Gasteiger charge is 2.17. The number of hydrogen-bond acceptors (Lipinski definition) is 4. The zero-order valence-corrected chi connectivity index (χ0v) is 12.8. The van der Waals surface area contributed by atoms with Gasteiger partial charge in [-0.25, -0.2) is 0 Å². The summed E-state index contributed by atoms with van der Waals surface area (Å²) in [7, 11) is 0. The molecule has 2 rings (SSSR count). The molecule has 1 aliphatic rings. The fraction of sp³-hybridized carbons (Fsp3) is 0.562. The number of ether oxygens (including phenoxy) is 2. The molecule has 0 aliphatic carbocycles. The fourth-order valence-corrected chi connectivity index (χ4v) is 2.22. The van der Waals surface area contributed by atoms with Crippen molar-refractivity contribution in [2.45, 2.75) is 26.4 Å². The van der Waals surface area contributed by atoms with Gasteiger partial charge in [0.05, 0.1) is 31.5 Å². The molecule has 0 bridgehead atoms. The van der Waals surface area contributed by atoms with E-state index in [-0.39, 0.29) is 12.0 Å². The Kier molecular flexibility index (Phi) is 6.02. The van der Waals surface area contributed by atoms with E-state index in [4.69, 9.17) is 9.47 Å². The van der Waals surface area contributed by atoms with Crippen molar-refractivity contribution in [1.82, 2.24) is 5.32 Å². The maximum Gasteiger partial charge on any atom is 0.253 e. The summed E-state index contributed by atoms with van der Waals surface area (Å²) in [5, 5.41) is 6.23. The summed E-state index contributed by atoms with van der Waals surface area (Å²) in [5.41, 5.74) is 2.69. The number of aryl methyl sites for hydroxylation is 1. The molecule has 1 atom stereocenters. The summed E-state index contributed by atoms with van der Waals surface area (Å²) in [6.45, 7) is 7.20. The van der Waals surface area contributed by atoms with Crippen molar-refractivity contribution in [2.24, 2.45) is 0 Å². The first-order valence-corrected chi connectivity index (χ1v) is 7.52. The molecule has 1 saturated heterocycles. The zero-order valence-electron chi connectivity index (χ0n) is 12.8. The SMILES string of the molecule is CCCNc1cc(C)ccc1C(=O)NCC1COCCO1. The van der Waals surface area contributed by atoms with E-state index in [1.807, 2.05) is 25.1 Å². The maximum atomic E-state index is 12.3. The minimum absolute atomic E-state index is 0.0554. The molecular formula is C16H24N2O3. The van der Waals surface area contributed by atoms with Crippen LogP contribution < -0.4 is 10.6 Å². The van der Waals surface area contributed by atoms with Gasteiger partial charge in [0.1, 0.15) is 0 Å². The average Bonchev–Trinajstić information content (AvgIpc) is 2.51. The molecule has 0 spiro atoms. The van der Waals surface area contributed by atoms with Gasteiger partial charge >= 0.3 is 0 Å². The van der Waals surface area contributed by atoms with Crippen molar-refractivity contribution >= 4 is 11.6 Å². The Balaban J connectivity index is 1.96. The van der Waals surface area contributed by atoms with Crippen molar-refractivity contribution in [2.75, 3.05) is 38.2 Å². The highest BCUT2D eigenvalue weighted by atomic mass is 16.6. The number of carbonyl (C=O) groups excluding carboxylic acids is 1. The van der Waals surface area contributed by atoms with Gasteiger partial charge in [-0.3, -0.25) is 4.79 Å². The van der Waals surface area contributed by atoms with E-state index in [2.05, 4.69) is 17.6 Å². The summed E-state index contributed by atoms with van der Waals surface area (Å²) in [6.07, 6.45) is 0.961. The van der Waals surface area contributed by atoms with E-state index < -0.39 is 0 Å². The molecule has 116 valence electrons. The van der Waals surface area contributed by atoms with E-state index >= 15 is 0 Å². The molecule has 1 fully saturated rings. The molecule has 5 nitrogen and oxygen atoms in total. The van der Waals surface area contributed by atoms with Crippen LogP contribution in [-0.2, 0) is 9.47 Å². The lowest BCUT2D eigenvalue weighted by Crippen LogP contribution is -2.39. The van der Waals surface area contributed by atoms with Crippen molar-refractivity contribution in [1.29, 1.82) is 0 Å². The first-order chi connectivity index (χ1) is 10.2. The van der Waals surface area contributed by atoms with Crippen molar-refractivity contribution in [3.63, 3.8) is 0 Å². The van der Waals surface area contributed by atoms with Crippen LogP contribution in [0.15, 0.2) is 18.2 Å². The number of amides is 1. The van der Waals surface area contributed by atoms with Gasteiger partial charge in [-0.1, -0.05) is 13.0 Å². The van der Waals surface area contributed by atoms with Crippen molar-refractivity contribution in [3.05, 3.63) is 29.3 Å². The van der Waals surface area contributed by atoms with Gasteiger partial charge in [0.15, 0.2) is 0 Å². The highest BCUT2D eigenvalue weighted by Crippen LogP contribution is 2.17. The molecule has 1 aliphatic heterocycles. The lowest BCUT2D eigenvalue weighted by molar-refractivity contribution is -0.0855. The molecule has 0 radical (unpaired) electrons. The Morgan fingerprint density at radius 1 is 1.38 bits per heavy atom. The van der Waals surface area contributed by atoms with Gasteiger partial charge in [0.2, 0.25) is 0 Å². The van der Waals surface area contributed by atoms with Gasteiger partial charge in [0.25, 0.3) is 5.91 Å². The van der Waals surface area contributed by atoms with Crippen LogP contribution in [0.4, 0.5) is 5.69 Å². The molecule has 0 saturated carbocycles. The number of carbonyl (C=O) groups is 1. The topological polar surface area (TPSA) is 59.6 Å². The van der Waals surface area contributed by atoms with E-state index in [9.17, 15) is 4.79 Å².